The Bertz CT molecular complexity index is 842. The van der Waals surface area contributed by atoms with Gasteiger partial charge in [0.25, 0.3) is 5.91 Å². The maximum atomic E-state index is 12.5. The third-order valence-electron chi connectivity index (χ3n) is 3.74. The molecular weight excluding hydrogens is 288 g/mol. The van der Waals surface area contributed by atoms with Crippen LogP contribution in [0, 0.1) is 0 Å². The first-order valence-electron chi connectivity index (χ1n) is 7.94. The first kappa shape index (κ1) is 15.3. The van der Waals surface area contributed by atoms with Crippen molar-refractivity contribution in [3.63, 3.8) is 0 Å². The zero-order valence-electron chi connectivity index (χ0n) is 13.9. The first-order valence-corrected chi connectivity index (χ1v) is 7.94. The number of aromatic nitrogens is 3. The van der Waals surface area contributed by atoms with Crippen molar-refractivity contribution < 1.29 is 4.79 Å². The second-order valence-electron chi connectivity index (χ2n) is 6.30. The summed E-state index contributed by atoms with van der Waals surface area (Å²) in [7, 11) is 0. The molecule has 3 rings (SSSR count). The Kier molecular flexibility index (Phi) is 3.94. The van der Waals surface area contributed by atoms with Crippen LogP contribution in [-0.4, -0.2) is 26.1 Å². The van der Waals surface area contributed by atoms with E-state index in [2.05, 4.69) is 24.3 Å². The van der Waals surface area contributed by atoms with Crippen LogP contribution in [0.3, 0.4) is 0 Å². The molecule has 5 heteroatoms. The fourth-order valence-electron chi connectivity index (χ4n) is 2.63. The number of nitrogens with one attached hydrogen (secondary N) is 1. The van der Waals surface area contributed by atoms with Crippen LogP contribution in [0.1, 0.15) is 44.1 Å². The molecule has 0 bridgehead atoms. The van der Waals surface area contributed by atoms with Gasteiger partial charge in [-0.1, -0.05) is 6.07 Å². The van der Waals surface area contributed by atoms with Gasteiger partial charge in [0.05, 0.1) is 16.8 Å². The maximum absolute atomic E-state index is 12.5. The number of amides is 1. The SMILES string of the molecule is CC(C)NC(=O)c1cc(-c2ccn(C(C)C)n2)n2ccccc12. The summed E-state index contributed by atoms with van der Waals surface area (Å²) in [5.41, 5.74) is 3.35. The van der Waals surface area contributed by atoms with E-state index in [9.17, 15) is 4.79 Å². The first-order chi connectivity index (χ1) is 11.0. The average molecular weight is 310 g/mol. The minimum absolute atomic E-state index is 0.0572. The van der Waals surface area contributed by atoms with Crippen molar-refractivity contribution in [1.82, 2.24) is 19.5 Å². The summed E-state index contributed by atoms with van der Waals surface area (Å²) in [4.78, 5) is 12.5. The topological polar surface area (TPSA) is 51.3 Å². The second-order valence-corrected chi connectivity index (χ2v) is 6.30. The fraction of sp³-hybridized carbons (Fsp3) is 0.333. The average Bonchev–Trinajstić information content (AvgIpc) is 3.11. The maximum Gasteiger partial charge on any atom is 0.253 e. The molecular formula is C18H22N4O. The van der Waals surface area contributed by atoms with E-state index in [-0.39, 0.29) is 11.9 Å². The van der Waals surface area contributed by atoms with Gasteiger partial charge in [-0.2, -0.15) is 5.10 Å². The molecule has 3 aromatic heterocycles. The summed E-state index contributed by atoms with van der Waals surface area (Å²) in [6.45, 7) is 8.10. The van der Waals surface area contributed by atoms with Gasteiger partial charge in [0.1, 0.15) is 5.69 Å². The normalized spacial score (nSPS) is 11.6. The van der Waals surface area contributed by atoms with E-state index in [0.717, 1.165) is 16.9 Å². The Morgan fingerprint density at radius 1 is 1.13 bits per heavy atom. The van der Waals surface area contributed by atoms with Crippen molar-refractivity contribution in [2.45, 2.75) is 39.8 Å². The minimum atomic E-state index is -0.0572. The number of fused-ring (bicyclic) bond motifs is 1. The lowest BCUT2D eigenvalue weighted by molar-refractivity contribution is 0.0945. The lowest BCUT2D eigenvalue weighted by Crippen LogP contribution is -2.29. The third-order valence-corrected chi connectivity index (χ3v) is 3.74. The highest BCUT2D eigenvalue weighted by atomic mass is 16.1. The molecule has 1 N–H and O–H groups in total. The van der Waals surface area contributed by atoms with E-state index in [4.69, 9.17) is 0 Å². The quantitative estimate of drug-likeness (QED) is 0.801. The van der Waals surface area contributed by atoms with Crippen molar-refractivity contribution >= 4 is 11.4 Å². The summed E-state index contributed by atoms with van der Waals surface area (Å²) in [5, 5.41) is 7.59. The number of pyridine rings is 1. The molecule has 5 nitrogen and oxygen atoms in total. The lowest BCUT2D eigenvalue weighted by atomic mass is 10.2. The van der Waals surface area contributed by atoms with Crippen LogP contribution >= 0.6 is 0 Å². The highest BCUT2D eigenvalue weighted by Gasteiger charge is 2.18. The molecule has 120 valence electrons. The van der Waals surface area contributed by atoms with E-state index in [0.29, 0.717) is 11.6 Å². The third kappa shape index (κ3) is 2.86. The molecule has 0 saturated carbocycles. The molecule has 0 aliphatic carbocycles. The lowest BCUT2D eigenvalue weighted by Gasteiger charge is -2.07. The molecule has 1 amide bonds. The zero-order valence-corrected chi connectivity index (χ0v) is 13.9. The second kappa shape index (κ2) is 5.91. The Balaban J connectivity index is 2.12. The molecule has 0 spiro atoms. The Morgan fingerprint density at radius 2 is 1.91 bits per heavy atom. The van der Waals surface area contributed by atoms with Crippen molar-refractivity contribution in [3.8, 4) is 11.4 Å². The van der Waals surface area contributed by atoms with Crippen LogP contribution in [0.4, 0.5) is 0 Å². The van der Waals surface area contributed by atoms with Gasteiger partial charge in [0, 0.05) is 24.5 Å². The number of carbonyl (C=O) groups is 1. The van der Waals surface area contributed by atoms with Crippen LogP contribution in [0.5, 0.6) is 0 Å². The van der Waals surface area contributed by atoms with E-state index < -0.39 is 0 Å². The number of hydrogen-bond donors (Lipinski definition) is 1. The van der Waals surface area contributed by atoms with Gasteiger partial charge in [0.2, 0.25) is 0 Å². The molecule has 0 atom stereocenters. The van der Waals surface area contributed by atoms with E-state index in [1.807, 2.05) is 65.7 Å². The fourth-order valence-corrected chi connectivity index (χ4v) is 2.63. The van der Waals surface area contributed by atoms with Gasteiger partial charge >= 0.3 is 0 Å². The van der Waals surface area contributed by atoms with Crippen molar-refractivity contribution in [2.24, 2.45) is 0 Å². The molecule has 0 fully saturated rings. The monoisotopic (exact) mass is 310 g/mol. The molecule has 0 aliphatic rings. The van der Waals surface area contributed by atoms with E-state index >= 15 is 0 Å². The number of nitrogens with zero attached hydrogens (tertiary/aromatic N) is 3. The van der Waals surface area contributed by atoms with Crippen molar-refractivity contribution in [2.75, 3.05) is 0 Å². The summed E-state index contributed by atoms with van der Waals surface area (Å²) >= 11 is 0. The van der Waals surface area contributed by atoms with E-state index in [1.54, 1.807) is 0 Å². The predicted molar refractivity (Wildman–Crippen MR) is 91.6 cm³/mol. The highest BCUT2D eigenvalue weighted by molar-refractivity contribution is 6.02. The largest absolute Gasteiger partial charge is 0.350 e. The highest BCUT2D eigenvalue weighted by Crippen LogP contribution is 2.25. The van der Waals surface area contributed by atoms with Gasteiger partial charge in [-0.3, -0.25) is 9.48 Å². The predicted octanol–water partition coefficient (Wildman–Crippen LogP) is 3.52. The van der Waals surface area contributed by atoms with Crippen LogP contribution in [0.25, 0.3) is 16.9 Å². The molecule has 3 aromatic rings. The van der Waals surface area contributed by atoms with Crippen molar-refractivity contribution in [1.29, 1.82) is 0 Å². The van der Waals surface area contributed by atoms with E-state index in [1.165, 1.54) is 0 Å². The standard InChI is InChI=1S/C18H22N4O/c1-12(2)19-18(23)14-11-17(21-9-6-5-7-16(14)21)15-8-10-22(20-15)13(3)4/h5-13H,1-4H3,(H,19,23). The molecule has 3 heterocycles. The van der Waals surface area contributed by atoms with Crippen LogP contribution in [0.15, 0.2) is 42.7 Å². The number of rotatable bonds is 4. The van der Waals surface area contributed by atoms with Crippen LogP contribution in [-0.2, 0) is 0 Å². The summed E-state index contributed by atoms with van der Waals surface area (Å²) in [6, 6.07) is 10.2. The molecule has 0 aromatic carbocycles. The molecule has 0 radical (unpaired) electrons. The Hall–Kier alpha value is -2.56. The summed E-state index contributed by atoms with van der Waals surface area (Å²) in [6.07, 6.45) is 3.93. The zero-order chi connectivity index (χ0) is 16.6. The molecule has 23 heavy (non-hydrogen) atoms. The molecule has 0 saturated heterocycles. The Labute approximate surface area is 135 Å². The van der Waals surface area contributed by atoms with Gasteiger partial charge in [0.15, 0.2) is 0 Å². The van der Waals surface area contributed by atoms with Crippen molar-refractivity contribution in [3.05, 3.63) is 48.3 Å². The molecule has 0 aliphatic heterocycles. The number of carbonyl (C=O) groups excluding carboxylic acids is 1. The summed E-state index contributed by atoms with van der Waals surface area (Å²) < 4.78 is 3.94. The van der Waals surface area contributed by atoms with Gasteiger partial charge < -0.3 is 9.72 Å². The molecule has 0 unspecified atom stereocenters. The summed E-state index contributed by atoms with van der Waals surface area (Å²) in [5.74, 6) is -0.0572. The number of hydrogen-bond acceptors (Lipinski definition) is 2. The van der Waals surface area contributed by atoms with Gasteiger partial charge in [-0.05, 0) is 52.0 Å². The smallest absolute Gasteiger partial charge is 0.253 e. The van der Waals surface area contributed by atoms with Crippen LogP contribution < -0.4 is 5.32 Å². The van der Waals surface area contributed by atoms with Gasteiger partial charge in [-0.15, -0.1) is 0 Å². The Morgan fingerprint density at radius 3 is 2.57 bits per heavy atom. The van der Waals surface area contributed by atoms with Gasteiger partial charge in [-0.25, -0.2) is 0 Å². The minimum Gasteiger partial charge on any atom is -0.350 e. The van der Waals surface area contributed by atoms with Crippen LogP contribution in [0.2, 0.25) is 0 Å².